The zero-order chi connectivity index (χ0) is 22.3. The van der Waals surface area contributed by atoms with E-state index in [-0.39, 0.29) is 29.3 Å². The van der Waals surface area contributed by atoms with Crippen LogP contribution < -0.4 is 11.1 Å². The second-order valence-corrected chi connectivity index (χ2v) is 8.88. The minimum Gasteiger partial charge on any atom is -0.334 e. The molecule has 0 aliphatic heterocycles. The molecule has 0 aliphatic carbocycles. The Bertz CT molecular complexity index is 896. The topological polar surface area (TPSA) is 75.4 Å². The second kappa shape index (κ2) is 10.5. The van der Waals surface area contributed by atoms with Gasteiger partial charge in [-0.1, -0.05) is 38.4 Å². The monoisotopic (exact) mass is 433 g/mol. The Hall–Kier alpha value is -2.44. The Balaban J connectivity index is 2.22. The highest BCUT2D eigenvalue weighted by atomic mass is 35.5. The number of nitrogens with zero attached hydrogens (tertiary/aromatic N) is 1. The maximum absolute atomic E-state index is 13.6. The lowest BCUT2D eigenvalue weighted by Gasteiger charge is -2.24. The molecule has 0 bridgehead atoms. The molecular weight excluding hydrogens is 405 g/mol. The van der Waals surface area contributed by atoms with E-state index in [4.69, 9.17) is 17.3 Å². The van der Waals surface area contributed by atoms with Crippen LogP contribution in [-0.4, -0.2) is 29.8 Å². The molecule has 0 fully saturated rings. The molecule has 0 radical (unpaired) electrons. The summed E-state index contributed by atoms with van der Waals surface area (Å²) in [5.74, 6) is -0.867. The quantitative estimate of drug-likeness (QED) is 0.625. The number of carbonyl (C=O) groups excluding carboxylic acids is 2. The Morgan fingerprint density at radius 2 is 1.90 bits per heavy atom. The van der Waals surface area contributed by atoms with Crippen molar-refractivity contribution in [3.63, 3.8) is 0 Å². The maximum atomic E-state index is 13.6. The normalized spacial score (nSPS) is 11.3. The van der Waals surface area contributed by atoms with Crippen LogP contribution in [-0.2, 0) is 11.3 Å². The molecule has 7 heteroatoms. The number of carbonyl (C=O) groups is 2. The first-order valence-electron chi connectivity index (χ1n) is 9.92. The van der Waals surface area contributed by atoms with Gasteiger partial charge in [0.2, 0.25) is 5.91 Å². The number of nitrogens with two attached hydrogens (primary N) is 1. The van der Waals surface area contributed by atoms with Gasteiger partial charge in [0.15, 0.2) is 0 Å². The molecule has 0 spiro atoms. The highest BCUT2D eigenvalue weighted by Crippen LogP contribution is 2.25. The van der Waals surface area contributed by atoms with Crippen LogP contribution in [0.1, 0.15) is 49.5 Å². The zero-order valence-electron chi connectivity index (χ0n) is 17.7. The molecule has 0 saturated carbocycles. The molecule has 162 valence electrons. The first kappa shape index (κ1) is 23.8. The van der Waals surface area contributed by atoms with Gasteiger partial charge in [0.1, 0.15) is 5.82 Å². The summed E-state index contributed by atoms with van der Waals surface area (Å²) in [6.07, 6.45) is 0.978. The molecule has 0 unspecified atom stereocenters. The van der Waals surface area contributed by atoms with Gasteiger partial charge >= 0.3 is 0 Å². The van der Waals surface area contributed by atoms with E-state index in [0.29, 0.717) is 42.2 Å². The molecule has 0 atom stereocenters. The van der Waals surface area contributed by atoms with E-state index in [9.17, 15) is 14.0 Å². The van der Waals surface area contributed by atoms with Crippen LogP contribution in [0.4, 0.5) is 10.1 Å². The first-order chi connectivity index (χ1) is 14.1. The second-order valence-electron chi connectivity index (χ2n) is 8.47. The Morgan fingerprint density at radius 3 is 2.53 bits per heavy atom. The average molecular weight is 434 g/mol. The van der Waals surface area contributed by atoms with Crippen molar-refractivity contribution in [2.45, 2.75) is 40.2 Å². The lowest BCUT2D eigenvalue weighted by atomic mass is 9.92. The van der Waals surface area contributed by atoms with Gasteiger partial charge < -0.3 is 16.0 Å². The van der Waals surface area contributed by atoms with Gasteiger partial charge in [-0.05, 0) is 60.3 Å². The van der Waals surface area contributed by atoms with Gasteiger partial charge in [-0.25, -0.2) is 4.39 Å². The van der Waals surface area contributed by atoms with E-state index in [1.54, 1.807) is 29.2 Å². The average Bonchev–Trinajstić information content (AvgIpc) is 2.65. The third kappa shape index (κ3) is 7.43. The van der Waals surface area contributed by atoms with Gasteiger partial charge in [0.25, 0.3) is 5.91 Å². The van der Waals surface area contributed by atoms with Crippen molar-refractivity contribution in [2.75, 3.05) is 18.4 Å². The lowest BCUT2D eigenvalue weighted by Crippen LogP contribution is -2.32. The Morgan fingerprint density at radius 1 is 1.17 bits per heavy atom. The van der Waals surface area contributed by atoms with E-state index in [1.807, 2.05) is 20.8 Å². The molecule has 3 N–H and O–H groups in total. The predicted molar refractivity (Wildman–Crippen MR) is 119 cm³/mol. The van der Waals surface area contributed by atoms with Gasteiger partial charge in [-0.2, -0.15) is 0 Å². The molecule has 2 amide bonds. The highest BCUT2D eigenvalue weighted by molar-refractivity contribution is 6.31. The van der Waals surface area contributed by atoms with Crippen molar-refractivity contribution in [2.24, 2.45) is 11.1 Å². The van der Waals surface area contributed by atoms with Crippen LogP contribution in [0.3, 0.4) is 0 Å². The van der Waals surface area contributed by atoms with Crippen molar-refractivity contribution in [3.05, 3.63) is 64.4 Å². The van der Waals surface area contributed by atoms with Crippen LogP contribution in [0.15, 0.2) is 42.5 Å². The fourth-order valence-corrected chi connectivity index (χ4v) is 3.18. The standard InChI is InChI=1S/C23H29ClFN3O2/c1-23(2,3)14-21(29)27-19-8-9-20(24)17(13-19)15-28(11-5-10-26)22(30)16-6-4-7-18(25)12-16/h4,6-9,12-13H,5,10-11,14-15,26H2,1-3H3,(H,27,29). The van der Waals surface area contributed by atoms with E-state index >= 15 is 0 Å². The van der Waals surface area contributed by atoms with Crippen molar-refractivity contribution >= 4 is 29.1 Å². The van der Waals surface area contributed by atoms with E-state index in [0.717, 1.165) is 0 Å². The fraction of sp³-hybridized carbons (Fsp3) is 0.391. The van der Waals surface area contributed by atoms with Crippen molar-refractivity contribution in [3.8, 4) is 0 Å². The Kier molecular flexibility index (Phi) is 8.38. The Labute approximate surface area is 182 Å². The number of nitrogens with one attached hydrogen (secondary N) is 1. The molecule has 30 heavy (non-hydrogen) atoms. The summed E-state index contributed by atoms with van der Waals surface area (Å²) in [4.78, 5) is 26.8. The summed E-state index contributed by atoms with van der Waals surface area (Å²) in [5, 5.41) is 3.36. The molecule has 0 aromatic heterocycles. The van der Waals surface area contributed by atoms with Crippen LogP contribution in [0.25, 0.3) is 0 Å². The number of anilines is 1. The number of hydrogen-bond donors (Lipinski definition) is 2. The number of benzene rings is 2. The minimum absolute atomic E-state index is 0.0911. The minimum atomic E-state index is -0.471. The number of rotatable bonds is 8. The van der Waals surface area contributed by atoms with Gasteiger partial charge in [-0.3, -0.25) is 9.59 Å². The maximum Gasteiger partial charge on any atom is 0.254 e. The molecular formula is C23H29ClFN3O2. The van der Waals surface area contributed by atoms with Crippen LogP contribution in [0, 0.1) is 11.2 Å². The lowest BCUT2D eigenvalue weighted by molar-refractivity contribution is -0.117. The van der Waals surface area contributed by atoms with Crippen LogP contribution in [0.5, 0.6) is 0 Å². The third-order valence-electron chi connectivity index (χ3n) is 4.37. The molecule has 2 aromatic rings. The van der Waals surface area contributed by atoms with Crippen LogP contribution >= 0.6 is 11.6 Å². The molecule has 0 saturated heterocycles. The zero-order valence-corrected chi connectivity index (χ0v) is 18.4. The number of hydrogen-bond acceptors (Lipinski definition) is 3. The van der Waals surface area contributed by atoms with Crippen molar-refractivity contribution < 1.29 is 14.0 Å². The molecule has 2 rings (SSSR count). The number of amides is 2. The van der Waals surface area contributed by atoms with Crippen LogP contribution in [0.2, 0.25) is 5.02 Å². The smallest absolute Gasteiger partial charge is 0.254 e. The summed E-state index contributed by atoms with van der Waals surface area (Å²) in [6.45, 7) is 7.02. The van der Waals surface area contributed by atoms with Gasteiger partial charge in [-0.15, -0.1) is 0 Å². The van der Waals surface area contributed by atoms with E-state index in [2.05, 4.69) is 5.32 Å². The van der Waals surface area contributed by atoms with Gasteiger partial charge in [0, 0.05) is 35.8 Å². The largest absolute Gasteiger partial charge is 0.334 e. The molecule has 0 heterocycles. The van der Waals surface area contributed by atoms with Crippen molar-refractivity contribution in [1.82, 2.24) is 4.90 Å². The van der Waals surface area contributed by atoms with Crippen molar-refractivity contribution in [1.29, 1.82) is 0 Å². The number of halogens is 2. The summed E-state index contributed by atoms with van der Waals surface area (Å²) < 4.78 is 13.6. The molecule has 5 nitrogen and oxygen atoms in total. The van der Waals surface area contributed by atoms with Gasteiger partial charge in [0.05, 0.1) is 0 Å². The summed E-state index contributed by atoms with van der Waals surface area (Å²) in [6, 6.07) is 10.8. The SMILES string of the molecule is CC(C)(C)CC(=O)Nc1ccc(Cl)c(CN(CCCN)C(=O)c2cccc(F)c2)c1. The van der Waals surface area contributed by atoms with E-state index in [1.165, 1.54) is 18.2 Å². The summed E-state index contributed by atoms with van der Waals surface area (Å²) in [5.41, 5.74) is 7.05. The van der Waals surface area contributed by atoms with E-state index < -0.39 is 5.82 Å². The first-order valence-corrected chi connectivity index (χ1v) is 10.3. The highest BCUT2D eigenvalue weighted by Gasteiger charge is 2.19. The molecule has 2 aromatic carbocycles. The summed E-state index contributed by atoms with van der Waals surface area (Å²) in [7, 11) is 0. The third-order valence-corrected chi connectivity index (χ3v) is 4.74. The predicted octanol–water partition coefficient (Wildman–Crippen LogP) is 4.85. The molecule has 0 aliphatic rings. The summed E-state index contributed by atoms with van der Waals surface area (Å²) >= 11 is 6.36. The fourth-order valence-electron chi connectivity index (χ4n) is 3.00.